The van der Waals surface area contributed by atoms with E-state index in [1.165, 1.54) is 24.3 Å². The molecule has 2 fully saturated rings. The van der Waals surface area contributed by atoms with Gasteiger partial charge in [0, 0.05) is 11.4 Å². The van der Waals surface area contributed by atoms with Crippen LogP contribution in [0.3, 0.4) is 0 Å². The van der Waals surface area contributed by atoms with Crippen molar-refractivity contribution in [3.63, 3.8) is 0 Å². The second-order valence-corrected chi connectivity index (χ2v) is 8.21. The average Bonchev–Trinajstić information content (AvgIpc) is 3.31. The number of halogens is 4. The fourth-order valence-corrected chi connectivity index (χ4v) is 5.17. The molecular weight excluding hydrogens is 444 g/mol. The molecule has 2 aromatic rings. The molecule has 1 spiro atoms. The summed E-state index contributed by atoms with van der Waals surface area (Å²) in [5.41, 5.74) is -3.69. The third-order valence-corrected chi connectivity index (χ3v) is 6.49. The zero-order chi connectivity index (χ0) is 23.3. The minimum Gasteiger partial charge on any atom is -0.327 e. The number of nitriles is 2. The van der Waals surface area contributed by atoms with Gasteiger partial charge in [-0.3, -0.25) is 9.69 Å². The van der Waals surface area contributed by atoms with E-state index in [0.29, 0.717) is 18.5 Å². The van der Waals surface area contributed by atoms with E-state index in [9.17, 15) is 22.4 Å². The van der Waals surface area contributed by atoms with Crippen molar-refractivity contribution in [2.24, 2.45) is 0 Å². The van der Waals surface area contributed by atoms with E-state index >= 15 is 0 Å². The van der Waals surface area contributed by atoms with Gasteiger partial charge < -0.3 is 4.90 Å². The molecule has 10 heteroatoms. The molecule has 2 aromatic carbocycles. The van der Waals surface area contributed by atoms with Gasteiger partial charge in [-0.25, -0.2) is 4.39 Å². The van der Waals surface area contributed by atoms with Crippen LogP contribution in [0.4, 0.5) is 28.9 Å². The Kier molecular flexibility index (Phi) is 5.30. The molecule has 1 aliphatic carbocycles. The summed E-state index contributed by atoms with van der Waals surface area (Å²) in [5, 5.41) is 18.1. The molecule has 1 amide bonds. The number of thiol groups is 1. The van der Waals surface area contributed by atoms with Crippen molar-refractivity contribution in [3.05, 3.63) is 58.9 Å². The molecule has 0 radical (unpaired) electrons. The van der Waals surface area contributed by atoms with Gasteiger partial charge in [-0.2, -0.15) is 23.7 Å². The highest BCUT2D eigenvalue weighted by Crippen LogP contribution is 2.49. The van der Waals surface area contributed by atoms with E-state index in [2.05, 4.69) is 12.6 Å². The fourth-order valence-electron chi connectivity index (χ4n) is 4.57. The van der Waals surface area contributed by atoms with Crippen LogP contribution < -0.4 is 9.80 Å². The molecule has 1 unspecified atom stereocenters. The topological polar surface area (TPSA) is 71.1 Å². The molecule has 164 valence electrons. The highest BCUT2D eigenvalue weighted by Gasteiger charge is 2.58. The predicted molar refractivity (Wildman–Crippen MR) is 111 cm³/mol. The third kappa shape index (κ3) is 3.26. The van der Waals surface area contributed by atoms with Crippen LogP contribution in [-0.4, -0.2) is 16.9 Å². The molecule has 32 heavy (non-hydrogen) atoms. The van der Waals surface area contributed by atoms with Gasteiger partial charge in [0.25, 0.3) is 5.91 Å². The minimum absolute atomic E-state index is 0.0517. The van der Waals surface area contributed by atoms with Gasteiger partial charge >= 0.3 is 6.18 Å². The van der Waals surface area contributed by atoms with Crippen LogP contribution in [-0.2, 0) is 11.0 Å². The van der Waals surface area contributed by atoms with Gasteiger partial charge in [-0.15, -0.1) is 12.6 Å². The number of benzene rings is 2. The standard InChI is InChI=1S/C22H16F4N4OS/c23-18-10-16(6-4-14(18)12-28)30-20(32)29(19(31)21(30)7-1-2-8-21)15-5-3-13(11-27)17(9-15)22(24,25)26/h3-6,9-10,20,32H,1-2,7-8H2. The second-order valence-electron chi connectivity index (χ2n) is 7.75. The van der Waals surface area contributed by atoms with Gasteiger partial charge in [0.2, 0.25) is 0 Å². The van der Waals surface area contributed by atoms with Crippen LogP contribution in [0.25, 0.3) is 0 Å². The normalized spacial score (nSPS) is 20.0. The van der Waals surface area contributed by atoms with Crippen LogP contribution in [0.5, 0.6) is 0 Å². The minimum atomic E-state index is -4.78. The van der Waals surface area contributed by atoms with Crippen molar-refractivity contribution >= 4 is 29.9 Å². The van der Waals surface area contributed by atoms with Crippen molar-refractivity contribution in [3.8, 4) is 12.1 Å². The molecule has 4 rings (SSSR count). The first-order valence-corrected chi connectivity index (χ1v) is 10.3. The number of amides is 1. The lowest BCUT2D eigenvalue weighted by molar-refractivity contribution is -0.137. The van der Waals surface area contributed by atoms with Crippen LogP contribution in [0, 0.1) is 28.5 Å². The van der Waals surface area contributed by atoms with E-state index in [1.54, 1.807) is 11.0 Å². The van der Waals surface area contributed by atoms with Gasteiger partial charge in [0.05, 0.1) is 22.8 Å². The largest absolute Gasteiger partial charge is 0.417 e. The Morgan fingerprint density at radius 1 is 1.00 bits per heavy atom. The summed E-state index contributed by atoms with van der Waals surface area (Å²) in [6.45, 7) is 0. The van der Waals surface area contributed by atoms with Crippen molar-refractivity contribution < 1.29 is 22.4 Å². The summed E-state index contributed by atoms with van der Waals surface area (Å²) in [6, 6.07) is 10.3. The van der Waals surface area contributed by atoms with Gasteiger partial charge in [0.1, 0.15) is 17.4 Å². The number of nitrogens with zero attached hydrogens (tertiary/aromatic N) is 4. The Morgan fingerprint density at radius 2 is 1.59 bits per heavy atom. The van der Waals surface area contributed by atoms with E-state index in [0.717, 1.165) is 35.9 Å². The van der Waals surface area contributed by atoms with Gasteiger partial charge in [-0.1, -0.05) is 12.8 Å². The first-order chi connectivity index (χ1) is 15.1. The maximum atomic E-state index is 14.4. The molecule has 5 nitrogen and oxygen atoms in total. The van der Waals surface area contributed by atoms with E-state index in [4.69, 9.17) is 10.5 Å². The van der Waals surface area contributed by atoms with E-state index < -0.39 is 40.1 Å². The first kappa shape index (κ1) is 22.0. The Bertz CT molecular complexity index is 1180. The van der Waals surface area contributed by atoms with E-state index in [-0.39, 0.29) is 11.3 Å². The maximum Gasteiger partial charge on any atom is 0.417 e. The number of carbonyl (C=O) groups is 1. The lowest BCUT2D eigenvalue weighted by atomic mass is 9.94. The Morgan fingerprint density at radius 3 is 2.16 bits per heavy atom. The van der Waals surface area contributed by atoms with Crippen LogP contribution in [0.2, 0.25) is 0 Å². The van der Waals surface area contributed by atoms with Gasteiger partial charge in [0.15, 0.2) is 5.50 Å². The number of alkyl halides is 3. The maximum absolute atomic E-state index is 14.4. The number of rotatable bonds is 2. The number of hydrogen-bond acceptors (Lipinski definition) is 5. The summed E-state index contributed by atoms with van der Waals surface area (Å²) in [4.78, 5) is 16.4. The quantitative estimate of drug-likeness (QED) is 0.508. The first-order valence-electron chi connectivity index (χ1n) is 9.76. The lowest BCUT2D eigenvalue weighted by Crippen LogP contribution is -2.48. The molecule has 0 bridgehead atoms. The second kappa shape index (κ2) is 7.72. The van der Waals surface area contributed by atoms with Crippen molar-refractivity contribution in [2.75, 3.05) is 9.80 Å². The molecule has 1 heterocycles. The Balaban J connectivity index is 1.85. The Labute approximate surface area is 186 Å². The smallest absolute Gasteiger partial charge is 0.327 e. The number of anilines is 2. The monoisotopic (exact) mass is 460 g/mol. The highest BCUT2D eigenvalue weighted by atomic mass is 32.1. The van der Waals surface area contributed by atoms with E-state index in [1.807, 2.05) is 0 Å². The number of carbonyl (C=O) groups excluding carboxylic acids is 1. The summed E-state index contributed by atoms with van der Waals surface area (Å²) in [6.07, 6.45) is -2.48. The van der Waals surface area contributed by atoms with Gasteiger partial charge in [-0.05, 0) is 49.2 Å². The predicted octanol–water partition coefficient (Wildman–Crippen LogP) is 4.97. The summed E-state index contributed by atoms with van der Waals surface area (Å²) in [5.74, 6) is -1.19. The van der Waals surface area contributed by atoms with Crippen molar-refractivity contribution in [1.82, 2.24) is 0 Å². The molecule has 2 aliphatic rings. The Hall–Kier alpha value is -3.24. The molecule has 1 saturated carbocycles. The average molecular weight is 460 g/mol. The summed E-state index contributed by atoms with van der Waals surface area (Å²) in [7, 11) is 0. The van der Waals surface area contributed by atoms with Crippen molar-refractivity contribution in [2.45, 2.75) is 42.9 Å². The summed E-state index contributed by atoms with van der Waals surface area (Å²) >= 11 is 4.55. The molecular formula is C22H16F4N4OS. The van der Waals surface area contributed by atoms with Crippen LogP contribution in [0.15, 0.2) is 36.4 Å². The zero-order valence-corrected chi connectivity index (χ0v) is 17.4. The zero-order valence-electron chi connectivity index (χ0n) is 16.5. The lowest BCUT2D eigenvalue weighted by Gasteiger charge is -2.35. The fraction of sp³-hybridized carbons (Fsp3) is 0.318. The SMILES string of the molecule is N#Cc1ccc(N2C(S)N(c3ccc(C#N)c(C(F)(F)F)c3)C(=O)C23CCCC3)cc1F. The molecule has 1 atom stereocenters. The van der Waals surface area contributed by atoms with Crippen LogP contribution >= 0.6 is 12.6 Å². The summed E-state index contributed by atoms with van der Waals surface area (Å²) < 4.78 is 54.9. The molecule has 1 saturated heterocycles. The molecule has 0 N–H and O–H groups in total. The molecule has 1 aliphatic heterocycles. The van der Waals surface area contributed by atoms with Crippen molar-refractivity contribution in [1.29, 1.82) is 10.5 Å². The highest BCUT2D eigenvalue weighted by molar-refractivity contribution is 7.81. The number of hydrogen-bond donors (Lipinski definition) is 1. The van der Waals surface area contributed by atoms with Crippen LogP contribution in [0.1, 0.15) is 42.4 Å². The molecule has 0 aromatic heterocycles. The third-order valence-electron chi connectivity index (χ3n) is 6.03.